The molecule has 1 aromatic heterocycles. The molecule has 0 fully saturated rings. The lowest BCUT2D eigenvalue weighted by Gasteiger charge is -2.29. The Kier molecular flexibility index (Phi) is 5.16. The van der Waals surface area contributed by atoms with Crippen LogP contribution in [0.4, 0.5) is 5.69 Å². The Hall–Kier alpha value is -2.72. The zero-order valence-corrected chi connectivity index (χ0v) is 15.7. The molecule has 5 heteroatoms. The van der Waals surface area contributed by atoms with E-state index in [1.165, 1.54) is 11.3 Å². The van der Waals surface area contributed by atoms with Crippen molar-refractivity contribution in [1.29, 1.82) is 0 Å². The number of carbonyl (C=O) groups is 1. The van der Waals surface area contributed by atoms with Crippen LogP contribution in [0.3, 0.4) is 0 Å². The van der Waals surface area contributed by atoms with Crippen LogP contribution in [0.15, 0.2) is 71.3 Å². The standard InChI is InChI=1S/C22H21ClN2O2/c23-18-9-7-16(8-10-18)14-22(26)24-15-20(21-6-3-13-27-21)25-12-11-17-4-1-2-5-19(17)25/h1-10,13,20H,11-12,14-15H2,(H,24,26)/t20-/m0/s1. The van der Waals surface area contributed by atoms with Gasteiger partial charge in [-0.2, -0.15) is 0 Å². The number of nitrogens with zero attached hydrogens (tertiary/aromatic N) is 1. The normalized spacial score (nSPS) is 14.0. The first-order chi connectivity index (χ1) is 13.2. The van der Waals surface area contributed by atoms with E-state index >= 15 is 0 Å². The molecule has 0 saturated heterocycles. The van der Waals surface area contributed by atoms with Crippen molar-refractivity contribution in [1.82, 2.24) is 5.32 Å². The van der Waals surface area contributed by atoms with Crippen LogP contribution < -0.4 is 10.2 Å². The van der Waals surface area contributed by atoms with Gasteiger partial charge in [-0.05, 0) is 47.9 Å². The Morgan fingerprint density at radius 1 is 1.11 bits per heavy atom. The van der Waals surface area contributed by atoms with Crippen molar-refractivity contribution in [3.05, 3.63) is 88.8 Å². The summed E-state index contributed by atoms with van der Waals surface area (Å²) in [5.41, 5.74) is 3.49. The topological polar surface area (TPSA) is 45.5 Å². The van der Waals surface area contributed by atoms with Crippen LogP contribution in [-0.2, 0) is 17.6 Å². The molecular weight excluding hydrogens is 360 g/mol. The molecule has 2 aromatic carbocycles. The Morgan fingerprint density at radius 3 is 2.70 bits per heavy atom. The molecule has 0 unspecified atom stereocenters. The highest BCUT2D eigenvalue weighted by Gasteiger charge is 2.29. The van der Waals surface area contributed by atoms with E-state index in [2.05, 4.69) is 34.5 Å². The van der Waals surface area contributed by atoms with Crippen molar-refractivity contribution in [3.8, 4) is 0 Å². The average Bonchev–Trinajstić information content (AvgIpc) is 3.35. The Balaban J connectivity index is 1.46. The van der Waals surface area contributed by atoms with Gasteiger partial charge in [-0.3, -0.25) is 4.79 Å². The van der Waals surface area contributed by atoms with Crippen molar-refractivity contribution in [2.45, 2.75) is 18.9 Å². The SMILES string of the molecule is O=C(Cc1ccc(Cl)cc1)NC[C@@H](c1ccco1)N1CCc2ccccc21. The molecule has 4 nitrogen and oxygen atoms in total. The van der Waals surface area contributed by atoms with E-state index in [1.54, 1.807) is 18.4 Å². The average molecular weight is 381 g/mol. The predicted molar refractivity (Wildman–Crippen MR) is 107 cm³/mol. The van der Waals surface area contributed by atoms with E-state index in [-0.39, 0.29) is 11.9 Å². The molecule has 3 aromatic rings. The van der Waals surface area contributed by atoms with E-state index in [1.807, 2.05) is 24.3 Å². The number of benzene rings is 2. The van der Waals surface area contributed by atoms with Gasteiger partial charge in [-0.1, -0.05) is 41.9 Å². The first-order valence-electron chi connectivity index (χ1n) is 9.10. The zero-order valence-electron chi connectivity index (χ0n) is 14.9. The number of anilines is 1. The smallest absolute Gasteiger partial charge is 0.224 e. The largest absolute Gasteiger partial charge is 0.467 e. The second-order valence-corrected chi connectivity index (χ2v) is 7.15. The molecule has 138 valence electrons. The fraction of sp³-hybridized carbons (Fsp3) is 0.227. The monoisotopic (exact) mass is 380 g/mol. The van der Waals surface area contributed by atoms with Crippen molar-refractivity contribution < 1.29 is 9.21 Å². The molecular formula is C22H21ClN2O2. The van der Waals surface area contributed by atoms with Gasteiger partial charge < -0.3 is 14.6 Å². The summed E-state index contributed by atoms with van der Waals surface area (Å²) in [5.74, 6) is 0.847. The molecule has 0 radical (unpaired) electrons. The fourth-order valence-electron chi connectivity index (χ4n) is 3.59. The van der Waals surface area contributed by atoms with E-state index in [9.17, 15) is 4.79 Å². The molecule has 0 bridgehead atoms. The molecule has 0 spiro atoms. The summed E-state index contributed by atoms with van der Waals surface area (Å²) < 4.78 is 5.68. The van der Waals surface area contributed by atoms with Crippen molar-refractivity contribution >= 4 is 23.2 Å². The first kappa shape index (κ1) is 17.7. The maximum absolute atomic E-state index is 12.4. The van der Waals surface area contributed by atoms with E-state index in [0.29, 0.717) is 18.0 Å². The summed E-state index contributed by atoms with van der Waals surface area (Å²) in [6.45, 7) is 1.41. The quantitative estimate of drug-likeness (QED) is 0.689. The number of halogens is 1. The van der Waals surface area contributed by atoms with Crippen LogP contribution in [0.1, 0.15) is 22.9 Å². The molecule has 1 aliphatic rings. The summed E-state index contributed by atoms with van der Waals surface area (Å²) in [6.07, 6.45) is 3.02. The van der Waals surface area contributed by atoms with Gasteiger partial charge in [0.25, 0.3) is 0 Å². The van der Waals surface area contributed by atoms with Crippen molar-refractivity contribution in [2.24, 2.45) is 0 Å². The summed E-state index contributed by atoms with van der Waals surface area (Å²) in [4.78, 5) is 14.8. The van der Waals surface area contributed by atoms with E-state index < -0.39 is 0 Å². The number of hydrogen-bond donors (Lipinski definition) is 1. The van der Waals surface area contributed by atoms with Gasteiger partial charge in [0.15, 0.2) is 0 Å². The number of rotatable bonds is 6. The molecule has 1 aliphatic heterocycles. The Bertz CT molecular complexity index is 906. The first-order valence-corrected chi connectivity index (χ1v) is 9.47. The van der Waals surface area contributed by atoms with Gasteiger partial charge >= 0.3 is 0 Å². The summed E-state index contributed by atoms with van der Waals surface area (Å²) in [6, 6.07) is 19.6. The van der Waals surface area contributed by atoms with Crippen LogP contribution in [0, 0.1) is 0 Å². The third-order valence-corrected chi connectivity index (χ3v) is 5.19. The minimum atomic E-state index is -0.0298. The number of carbonyl (C=O) groups excluding carboxylic acids is 1. The lowest BCUT2D eigenvalue weighted by Crippen LogP contribution is -2.37. The molecule has 27 heavy (non-hydrogen) atoms. The molecule has 0 saturated carbocycles. The van der Waals surface area contributed by atoms with Crippen LogP contribution in [0.2, 0.25) is 5.02 Å². The van der Waals surface area contributed by atoms with Gasteiger partial charge in [-0.25, -0.2) is 0 Å². The lowest BCUT2D eigenvalue weighted by atomic mass is 10.1. The molecule has 1 N–H and O–H groups in total. The lowest BCUT2D eigenvalue weighted by molar-refractivity contribution is -0.120. The zero-order chi connectivity index (χ0) is 18.6. The molecule has 0 aliphatic carbocycles. The minimum Gasteiger partial charge on any atom is -0.467 e. The maximum Gasteiger partial charge on any atom is 0.224 e. The predicted octanol–water partition coefficient (Wildman–Crippen LogP) is 4.40. The number of fused-ring (bicyclic) bond motifs is 1. The second-order valence-electron chi connectivity index (χ2n) is 6.71. The van der Waals surface area contributed by atoms with Crippen LogP contribution >= 0.6 is 11.6 Å². The van der Waals surface area contributed by atoms with Gasteiger partial charge in [0.05, 0.1) is 12.7 Å². The van der Waals surface area contributed by atoms with Crippen LogP contribution in [-0.4, -0.2) is 19.0 Å². The van der Waals surface area contributed by atoms with Crippen molar-refractivity contribution in [2.75, 3.05) is 18.0 Å². The van der Waals surface area contributed by atoms with E-state index in [0.717, 1.165) is 24.3 Å². The third kappa shape index (κ3) is 4.01. The number of nitrogens with one attached hydrogen (secondary N) is 1. The van der Waals surface area contributed by atoms with Crippen LogP contribution in [0.5, 0.6) is 0 Å². The number of hydrogen-bond acceptors (Lipinski definition) is 3. The van der Waals surface area contributed by atoms with Gasteiger partial charge in [0.2, 0.25) is 5.91 Å². The van der Waals surface area contributed by atoms with Gasteiger partial charge in [-0.15, -0.1) is 0 Å². The fourth-order valence-corrected chi connectivity index (χ4v) is 3.72. The number of para-hydroxylation sites is 1. The van der Waals surface area contributed by atoms with Crippen molar-refractivity contribution in [3.63, 3.8) is 0 Å². The highest BCUT2D eigenvalue weighted by Crippen LogP contribution is 2.34. The summed E-state index contributed by atoms with van der Waals surface area (Å²) >= 11 is 5.91. The highest BCUT2D eigenvalue weighted by molar-refractivity contribution is 6.30. The van der Waals surface area contributed by atoms with Gasteiger partial charge in [0, 0.05) is 23.8 Å². The number of amides is 1. The van der Waals surface area contributed by atoms with Crippen LogP contribution in [0.25, 0.3) is 0 Å². The highest BCUT2D eigenvalue weighted by atomic mass is 35.5. The third-order valence-electron chi connectivity index (χ3n) is 4.94. The summed E-state index contributed by atoms with van der Waals surface area (Å²) in [5, 5.41) is 3.74. The minimum absolute atomic E-state index is 0.0126. The Morgan fingerprint density at radius 2 is 1.93 bits per heavy atom. The van der Waals surface area contributed by atoms with E-state index in [4.69, 9.17) is 16.0 Å². The molecule has 1 atom stereocenters. The summed E-state index contributed by atoms with van der Waals surface area (Å²) in [7, 11) is 0. The second kappa shape index (κ2) is 7.89. The molecule has 2 heterocycles. The molecule has 4 rings (SSSR count). The maximum atomic E-state index is 12.4. The van der Waals surface area contributed by atoms with Gasteiger partial charge in [0.1, 0.15) is 11.8 Å². The number of furan rings is 1. The molecule has 1 amide bonds. The Labute approximate surface area is 163 Å².